The van der Waals surface area contributed by atoms with Gasteiger partial charge < -0.3 is 10.6 Å². The Hall–Kier alpha value is -1.32. The summed E-state index contributed by atoms with van der Waals surface area (Å²) in [4.78, 5) is 8.80. The first kappa shape index (κ1) is 12.7. The molecule has 2 N–H and O–H groups in total. The van der Waals surface area contributed by atoms with Crippen LogP contribution in [0.3, 0.4) is 0 Å². The third-order valence-corrected chi connectivity index (χ3v) is 2.67. The van der Waals surface area contributed by atoms with Crippen molar-refractivity contribution in [2.45, 2.75) is 33.6 Å². The molecule has 4 heteroatoms. The van der Waals surface area contributed by atoms with Gasteiger partial charge in [0.25, 0.3) is 0 Å². The zero-order chi connectivity index (χ0) is 12.0. The van der Waals surface area contributed by atoms with Crippen LogP contribution in [0, 0.1) is 5.92 Å². The average Bonchev–Trinajstić information content (AvgIpc) is 2.35. The molecule has 0 fully saturated rings. The quantitative estimate of drug-likeness (QED) is 0.776. The molecule has 1 atom stereocenters. The highest BCUT2D eigenvalue weighted by molar-refractivity contribution is 5.47. The maximum atomic E-state index is 4.44. The molecule has 0 saturated carbocycles. The summed E-state index contributed by atoms with van der Waals surface area (Å²) in [7, 11) is 1.88. The van der Waals surface area contributed by atoms with E-state index in [0.29, 0.717) is 5.92 Å². The standard InChI is InChI=1S/C12H22N4/c1-5-9(3)8-14-12-7-11(13-4)15-10(6-2)16-12/h7,9H,5-6,8H2,1-4H3,(H2,13,14,15,16). The number of aromatic nitrogens is 2. The van der Waals surface area contributed by atoms with Gasteiger partial charge in [0, 0.05) is 26.1 Å². The van der Waals surface area contributed by atoms with E-state index in [2.05, 4.69) is 41.4 Å². The van der Waals surface area contributed by atoms with Crippen LogP contribution < -0.4 is 10.6 Å². The van der Waals surface area contributed by atoms with Crippen molar-refractivity contribution in [1.29, 1.82) is 0 Å². The van der Waals surface area contributed by atoms with Crippen LogP contribution >= 0.6 is 0 Å². The molecule has 0 spiro atoms. The van der Waals surface area contributed by atoms with Crippen molar-refractivity contribution >= 4 is 11.6 Å². The number of rotatable bonds is 6. The zero-order valence-corrected chi connectivity index (χ0v) is 10.7. The van der Waals surface area contributed by atoms with Crippen LogP contribution in [0.4, 0.5) is 11.6 Å². The predicted molar refractivity (Wildman–Crippen MR) is 68.9 cm³/mol. The van der Waals surface area contributed by atoms with E-state index >= 15 is 0 Å². The van der Waals surface area contributed by atoms with Crippen molar-refractivity contribution < 1.29 is 0 Å². The molecular formula is C12H22N4. The molecule has 1 heterocycles. The van der Waals surface area contributed by atoms with E-state index in [0.717, 1.165) is 30.4 Å². The van der Waals surface area contributed by atoms with E-state index in [4.69, 9.17) is 0 Å². The Morgan fingerprint density at radius 3 is 2.50 bits per heavy atom. The number of hydrogen-bond donors (Lipinski definition) is 2. The highest BCUT2D eigenvalue weighted by atomic mass is 15.1. The molecule has 0 amide bonds. The molecule has 16 heavy (non-hydrogen) atoms. The highest BCUT2D eigenvalue weighted by Gasteiger charge is 2.03. The van der Waals surface area contributed by atoms with E-state index < -0.39 is 0 Å². The number of aryl methyl sites for hydroxylation is 1. The minimum Gasteiger partial charge on any atom is -0.373 e. The normalized spacial score (nSPS) is 12.2. The first-order chi connectivity index (χ1) is 7.69. The predicted octanol–water partition coefficient (Wildman–Crippen LogP) is 2.54. The van der Waals surface area contributed by atoms with Gasteiger partial charge in [0.15, 0.2) is 0 Å². The zero-order valence-electron chi connectivity index (χ0n) is 10.7. The summed E-state index contributed by atoms with van der Waals surface area (Å²) >= 11 is 0. The highest BCUT2D eigenvalue weighted by Crippen LogP contribution is 2.12. The van der Waals surface area contributed by atoms with Crippen LogP contribution in [0.15, 0.2) is 6.07 Å². The topological polar surface area (TPSA) is 49.8 Å². The van der Waals surface area contributed by atoms with E-state index in [1.807, 2.05) is 13.1 Å². The maximum absolute atomic E-state index is 4.44. The van der Waals surface area contributed by atoms with E-state index in [9.17, 15) is 0 Å². The summed E-state index contributed by atoms with van der Waals surface area (Å²) in [5.41, 5.74) is 0. The van der Waals surface area contributed by atoms with Crippen molar-refractivity contribution in [3.8, 4) is 0 Å². The lowest BCUT2D eigenvalue weighted by atomic mass is 10.1. The lowest BCUT2D eigenvalue weighted by Gasteiger charge is -2.12. The van der Waals surface area contributed by atoms with Crippen LogP contribution in [0.1, 0.15) is 33.0 Å². The summed E-state index contributed by atoms with van der Waals surface area (Å²) in [6.07, 6.45) is 2.03. The molecule has 90 valence electrons. The summed E-state index contributed by atoms with van der Waals surface area (Å²) < 4.78 is 0. The summed E-state index contributed by atoms with van der Waals surface area (Å²) in [5.74, 6) is 3.33. The molecule has 0 radical (unpaired) electrons. The molecule has 0 aliphatic rings. The second kappa shape index (κ2) is 6.30. The molecule has 0 aliphatic heterocycles. The van der Waals surface area contributed by atoms with Crippen molar-refractivity contribution in [1.82, 2.24) is 9.97 Å². The molecule has 0 aromatic carbocycles. The third kappa shape index (κ3) is 3.68. The fourth-order valence-corrected chi connectivity index (χ4v) is 1.30. The second-order valence-electron chi connectivity index (χ2n) is 4.05. The van der Waals surface area contributed by atoms with Gasteiger partial charge in [-0.25, -0.2) is 9.97 Å². The molecule has 0 bridgehead atoms. The smallest absolute Gasteiger partial charge is 0.132 e. The lowest BCUT2D eigenvalue weighted by Crippen LogP contribution is -2.12. The average molecular weight is 222 g/mol. The molecule has 1 aromatic rings. The molecule has 0 saturated heterocycles. The van der Waals surface area contributed by atoms with Crippen LogP contribution in [-0.4, -0.2) is 23.6 Å². The van der Waals surface area contributed by atoms with Gasteiger partial charge in [-0.3, -0.25) is 0 Å². The molecule has 4 nitrogen and oxygen atoms in total. The second-order valence-corrected chi connectivity index (χ2v) is 4.05. The summed E-state index contributed by atoms with van der Waals surface area (Å²) in [5, 5.41) is 6.41. The van der Waals surface area contributed by atoms with E-state index in [-0.39, 0.29) is 0 Å². The first-order valence-corrected chi connectivity index (χ1v) is 5.99. The molecule has 0 aliphatic carbocycles. The van der Waals surface area contributed by atoms with Crippen molar-refractivity contribution in [2.75, 3.05) is 24.2 Å². The Labute approximate surface area is 97.9 Å². The fraction of sp³-hybridized carbons (Fsp3) is 0.667. The largest absolute Gasteiger partial charge is 0.373 e. The number of nitrogens with zero attached hydrogens (tertiary/aromatic N) is 2. The monoisotopic (exact) mass is 222 g/mol. The van der Waals surface area contributed by atoms with Gasteiger partial charge in [-0.05, 0) is 5.92 Å². The summed E-state index contributed by atoms with van der Waals surface area (Å²) in [6, 6.07) is 1.95. The van der Waals surface area contributed by atoms with Gasteiger partial charge in [0.2, 0.25) is 0 Å². The van der Waals surface area contributed by atoms with E-state index in [1.165, 1.54) is 6.42 Å². The van der Waals surface area contributed by atoms with Gasteiger partial charge in [0.1, 0.15) is 17.5 Å². The Balaban J connectivity index is 2.71. The van der Waals surface area contributed by atoms with Gasteiger partial charge in [-0.2, -0.15) is 0 Å². The van der Waals surface area contributed by atoms with Gasteiger partial charge >= 0.3 is 0 Å². The van der Waals surface area contributed by atoms with Crippen molar-refractivity contribution in [3.63, 3.8) is 0 Å². The third-order valence-electron chi connectivity index (χ3n) is 2.67. The SMILES string of the molecule is CCc1nc(NC)cc(NCC(C)CC)n1. The van der Waals surface area contributed by atoms with Crippen molar-refractivity contribution in [3.05, 3.63) is 11.9 Å². The van der Waals surface area contributed by atoms with Crippen molar-refractivity contribution in [2.24, 2.45) is 5.92 Å². The Morgan fingerprint density at radius 1 is 1.25 bits per heavy atom. The van der Waals surface area contributed by atoms with Gasteiger partial charge in [-0.15, -0.1) is 0 Å². The van der Waals surface area contributed by atoms with Crippen LogP contribution in [0.5, 0.6) is 0 Å². The van der Waals surface area contributed by atoms with Crippen LogP contribution in [0.2, 0.25) is 0 Å². The lowest BCUT2D eigenvalue weighted by molar-refractivity contribution is 0.592. The maximum Gasteiger partial charge on any atom is 0.132 e. The Bertz CT molecular complexity index is 303. The van der Waals surface area contributed by atoms with Gasteiger partial charge in [-0.1, -0.05) is 27.2 Å². The molecule has 1 rings (SSSR count). The van der Waals surface area contributed by atoms with E-state index in [1.54, 1.807) is 0 Å². The minimum atomic E-state index is 0.665. The molecule has 1 aromatic heterocycles. The Kier molecular flexibility index (Phi) is 5.02. The Morgan fingerprint density at radius 2 is 1.94 bits per heavy atom. The van der Waals surface area contributed by atoms with Gasteiger partial charge in [0.05, 0.1) is 0 Å². The summed E-state index contributed by atoms with van der Waals surface area (Å²) in [6.45, 7) is 7.45. The number of hydrogen-bond acceptors (Lipinski definition) is 4. The molecular weight excluding hydrogens is 200 g/mol. The number of nitrogens with one attached hydrogen (secondary N) is 2. The minimum absolute atomic E-state index is 0.665. The van der Waals surface area contributed by atoms with Crippen LogP contribution in [-0.2, 0) is 6.42 Å². The number of anilines is 2. The fourth-order valence-electron chi connectivity index (χ4n) is 1.30. The van der Waals surface area contributed by atoms with Crippen LogP contribution in [0.25, 0.3) is 0 Å². The first-order valence-electron chi connectivity index (χ1n) is 5.99. The molecule has 1 unspecified atom stereocenters.